The molecule has 1 saturated heterocycles. The Kier molecular flexibility index (Phi) is 7.74. The normalized spacial score (nSPS) is 18.4. The number of nitrogens with zero attached hydrogens (tertiary/aromatic N) is 5. The molecule has 2 N–H and O–H groups in total. The molecule has 0 bridgehead atoms. The molecule has 1 aromatic carbocycles. The number of thiazole rings is 1. The van der Waals surface area contributed by atoms with E-state index in [1.54, 1.807) is 13.1 Å². The number of hydrogen-bond donors (Lipinski definition) is 2. The van der Waals surface area contributed by atoms with Crippen molar-refractivity contribution >= 4 is 45.6 Å². The predicted molar refractivity (Wildman–Crippen MR) is 155 cm³/mol. The van der Waals surface area contributed by atoms with Gasteiger partial charge in [0.2, 0.25) is 0 Å². The van der Waals surface area contributed by atoms with Gasteiger partial charge in [-0.1, -0.05) is 0 Å². The number of benzene rings is 1. The van der Waals surface area contributed by atoms with Crippen LogP contribution in [0.2, 0.25) is 0 Å². The fourth-order valence-corrected chi connectivity index (χ4v) is 6.72. The quantitative estimate of drug-likeness (QED) is 0.460. The maximum Gasteiger partial charge on any atom is 0.270 e. The average molecular weight is 546 g/mol. The molecule has 3 aromatic rings. The van der Waals surface area contributed by atoms with Crippen LogP contribution in [0.5, 0.6) is 0 Å². The van der Waals surface area contributed by atoms with Crippen LogP contribution in [0, 0.1) is 22.7 Å². The van der Waals surface area contributed by atoms with E-state index in [9.17, 15) is 14.9 Å². The summed E-state index contributed by atoms with van der Waals surface area (Å²) in [5.74, 6) is -0.673. The highest BCUT2D eigenvalue weighted by Crippen LogP contribution is 2.43. The van der Waals surface area contributed by atoms with E-state index in [2.05, 4.69) is 79.2 Å². The van der Waals surface area contributed by atoms with Crippen molar-refractivity contribution in [3.63, 3.8) is 0 Å². The van der Waals surface area contributed by atoms with E-state index in [-0.39, 0.29) is 33.4 Å². The second kappa shape index (κ2) is 10.7. The largest absolute Gasteiger partial charge is 0.360 e. The zero-order chi connectivity index (χ0) is 28.5. The van der Waals surface area contributed by atoms with Gasteiger partial charge in [-0.25, -0.2) is 0 Å². The molecule has 39 heavy (non-hydrogen) atoms. The number of amides is 1. The Bertz CT molecular complexity index is 1660. The second-order valence-electron chi connectivity index (χ2n) is 11.2. The van der Waals surface area contributed by atoms with Crippen LogP contribution in [-0.4, -0.2) is 44.6 Å². The first-order valence-electron chi connectivity index (χ1n) is 13.0. The van der Waals surface area contributed by atoms with Crippen LogP contribution in [0.25, 0.3) is 22.7 Å². The van der Waals surface area contributed by atoms with Crippen LogP contribution in [0.15, 0.2) is 35.3 Å². The zero-order valence-electron chi connectivity index (χ0n) is 23.3. The average Bonchev–Trinajstić information content (AvgIpc) is 3.45. The highest BCUT2D eigenvalue weighted by Gasteiger charge is 2.43. The molecular weight excluding hydrogens is 510 g/mol. The van der Waals surface area contributed by atoms with Gasteiger partial charge in [0.15, 0.2) is 5.57 Å². The Morgan fingerprint density at radius 2 is 1.87 bits per heavy atom. The number of likely N-dealkylation sites (tertiary alicyclic amines) is 1. The van der Waals surface area contributed by atoms with Crippen LogP contribution < -0.4 is 25.4 Å². The lowest BCUT2D eigenvalue weighted by atomic mass is 9.77. The maximum atomic E-state index is 13.0. The van der Waals surface area contributed by atoms with Gasteiger partial charge in [0.05, 0.1) is 6.07 Å². The maximum absolute atomic E-state index is 13.0. The molecule has 0 saturated carbocycles. The molecule has 3 heterocycles. The van der Waals surface area contributed by atoms with Crippen molar-refractivity contribution < 1.29 is 4.79 Å². The molecule has 1 aliphatic heterocycles. The van der Waals surface area contributed by atoms with Crippen molar-refractivity contribution in [2.75, 3.05) is 18.9 Å². The summed E-state index contributed by atoms with van der Waals surface area (Å²) in [6, 6.07) is 12.4. The van der Waals surface area contributed by atoms with Gasteiger partial charge in [-0.3, -0.25) is 19.1 Å². The molecule has 1 amide bonds. The predicted octanol–water partition coefficient (Wildman–Crippen LogP) is 2.87. The van der Waals surface area contributed by atoms with E-state index >= 15 is 0 Å². The fourth-order valence-electron chi connectivity index (χ4n) is 5.63. The number of nitriles is 2. The minimum atomic E-state index is -0.673. The molecule has 204 valence electrons. The summed E-state index contributed by atoms with van der Waals surface area (Å²) >= 11 is 1.07. The van der Waals surface area contributed by atoms with Gasteiger partial charge < -0.3 is 15.2 Å². The molecular formula is C29H35N7O2S. The molecule has 4 rings (SSSR count). The minimum absolute atomic E-state index is 0.0870. The molecule has 9 nitrogen and oxygen atoms in total. The Morgan fingerprint density at radius 1 is 1.18 bits per heavy atom. The van der Waals surface area contributed by atoms with Gasteiger partial charge in [0.25, 0.3) is 11.5 Å². The van der Waals surface area contributed by atoms with E-state index in [0.717, 1.165) is 35.3 Å². The number of carbonyl (C=O) groups is 1. The van der Waals surface area contributed by atoms with E-state index in [1.807, 2.05) is 18.2 Å². The number of piperidine rings is 1. The number of carbonyl (C=O) groups excluding carboxylic acids is 1. The smallest absolute Gasteiger partial charge is 0.270 e. The van der Waals surface area contributed by atoms with Crippen molar-refractivity contribution in [1.29, 1.82) is 10.5 Å². The molecule has 0 atom stereocenters. The lowest BCUT2D eigenvalue weighted by molar-refractivity contribution is -0.115. The summed E-state index contributed by atoms with van der Waals surface area (Å²) in [5.41, 5.74) is 1.71. The third-order valence-electron chi connectivity index (χ3n) is 7.87. The summed E-state index contributed by atoms with van der Waals surface area (Å²) in [6.07, 6.45) is 5.91. The van der Waals surface area contributed by atoms with Crippen LogP contribution in [0.1, 0.15) is 53.5 Å². The Labute approximate surface area is 232 Å². The Morgan fingerprint density at radius 3 is 2.49 bits per heavy atom. The Hall–Kier alpha value is -3.86. The van der Waals surface area contributed by atoms with Crippen molar-refractivity contribution in [2.24, 2.45) is 0 Å². The molecule has 1 aliphatic rings. The summed E-state index contributed by atoms with van der Waals surface area (Å²) in [6.45, 7) is 11.1. The number of rotatable bonds is 6. The summed E-state index contributed by atoms with van der Waals surface area (Å²) in [7, 11) is 2.22. The molecule has 2 aromatic heterocycles. The highest BCUT2D eigenvalue weighted by atomic mass is 32.1. The molecule has 0 unspecified atom stereocenters. The first kappa shape index (κ1) is 28.2. The molecule has 0 radical (unpaired) electrons. The first-order chi connectivity index (χ1) is 18.4. The van der Waals surface area contributed by atoms with Gasteiger partial charge >= 0.3 is 0 Å². The number of aromatic nitrogens is 2. The van der Waals surface area contributed by atoms with E-state index in [0.29, 0.717) is 17.1 Å². The van der Waals surface area contributed by atoms with Crippen molar-refractivity contribution in [2.45, 2.75) is 71.1 Å². The molecule has 10 heteroatoms. The van der Waals surface area contributed by atoms with E-state index in [1.165, 1.54) is 10.1 Å². The highest BCUT2D eigenvalue weighted by molar-refractivity contribution is 7.07. The third kappa shape index (κ3) is 5.36. The van der Waals surface area contributed by atoms with E-state index < -0.39 is 5.91 Å². The van der Waals surface area contributed by atoms with Gasteiger partial charge in [0.1, 0.15) is 21.8 Å². The summed E-state index contributed by atoms with van der Waals surface area (Å²) in [5, 5.41) is 25.0. The monoisotopic (exact) mass is 545 g/mol. The number of anilines is 1. The summed E-state index contributed by atoms with van der Waals surface area (Å²) < 4.78 is 4.43. The van der Waals surface area contributed by atoms with Crippen molar-refractivity contribution in [1.82, 2.24) is 19.4 Å². The minimum Gasteiger partial charge on any atom is -0.360 e. The van der Waals surface area contributed by atoms with Gasteiger partial charge in [-0.2, -0.15) is 10.5 Å². The molecule has 0 aliphatic carbocycles. The summed E-state index contributed by atoms with van der Waals surface area (Å²) in [4.78, 5) is 27.9. The van der Waals surface area contributed by atoms with E-state index in [4.69, 9.17) is 5.26 Å². The lowest BCUT2D eigenvalue weighted by Gasteiger charge is -2.54. The van der Waals surface area contributed by atoms with Crippen molar-refractivity contribution in [3.05, 3.63) is 50.0 Å². The zero-order valence-corrected chi connectivity index (χ0v) is 24.1. The van der Waals surface area contributed by atoms with Crippen LogP contribution in [0.3, 0.4) is 0 Å². The van der Waals surface area contributed by atoms with Crippen LogP contribution >= 0.6 is 11.3 Å². The van der Waals surface area contributed by atoms with Crippen LogP contribution in [-0.2, 0) is 11.3 Å². The molecule has 1 fully saturated rings. The second-order valence-corrected chi connectivity index (χ2v) is 12.2. The number of hydrogen-bond acceptors (Lipinski definition) is 7. The fraction of sp³-hybridized carbons (Fsp3) is 0.448. The van der Waals surface area contributed by atoms with Crippen molar-refractivity contribution in [3.8, 4) is 12.1 Å². The van der Waals surface area contributed by atoms with Crippen LogP contribution in [0.4, 0.5) is 5.69 Å². The first-order valence-corrected chi connectivity index (χ1v) is 13.9. The topological polar surface area (TPSA) is 119 Å². The third-order valence-corrected chi connectivity index (χ3v) is 9.00. The standard InChI is InChI=1S/C29H35N7O2S/c1-7-35-26(38)24(39-27(35)22(17-31)25(37)32-12-11-30)18-33-20-8-9-23-19(14-20)10-13-36(23)21-15-28(2,3)34(6)29(4,5)16-21/h8-10,13-14,18,21,33H,7,12,15-16H2,1-6H3,(H,32,37)/b24-18-,27-22+. The van der Waals surface area contributed by atoms with Gasteiger partial charge in [-0.15, -0.1) is 11.3 Å². The van der Waals surface area contributed by atoms with Gasteiger partial charge in [0, 0.05) is 52.7 Å². The number of fused-ring (bicyclic) bond motifs is 1. The number of nitrogens with one attached hydrogen (secondary N) is 2. The lowest BCUT2D eigenvalue weighted by Crippen LogP contribution is -2.58. The molecule has 0 spiro atoms. The SMILES string of the molecule is CCn1c(=O)/c(=C/Nc2ccc3c(ccn3C3CC(C)(C)N(C)C(C)(C)C3)c2)s/c1=C(\C#N)C(=O)NCC#N. The Balaban J connectivity index is 1.65. The van der Waals surface area contributed by atoms with Gasteiger partial charge in [-0.05, 0) is 78.8 Å².